The van der Waals surface area contributed by atoms with Gasteiger partial charge in [0.25, 0.3) is 0 Å². The van der Waals surface area contributed by atoms with E-state index in [9.17, 15) is 21.6 Å². The normalized spacial score (nSPS) is 12.2. The number of hydrogen-bond acceptors (Lipinski definition) is 2. The minimum atomic E-state index is -4.67. The zero-order valence-corrected chi connectivity index (χ0v) is 13.7. The second-order valence-corrected chi connectivity index (χ2v) is 7.25. The summed E-state index contributed by atoms with van der Waals surface area (Å²) < 4.78 is 64.5. The van der Waals surface area contributed by atoms with Crippen molar-refractivity contribution >= 4 is 38.9 Å². The highest BCUT2D eigenvalue weighted by atomic mass is 35.5. The smallest absolute Gasteiger partial charge is 0.283 e. The molecule has 23 heavy (non-hydrogen) atoms. The second-order valence-electron chi connectivity index (χ2n) is 4.68. The largest absolute Gasteiger partial charge is 0.417 e. The van der Waals surface area contributed by atoms with Crippen LogP contribution in [0.15, 0.2) is 42.5 Å². The van der Waals surface area contributed by atoms with Gasteiger partial charge in [-0.1, -0.05) is 35.3 Å². The summed E-state index contributed by atoms with van der Waals surface area (Å²) in [5, 5.41) is -0.0511. The van der Waals surface area contributed by atoms with Crippen molar-refractivity contribution in [2.45, 2.75) is 11.9 Å². The molecule has 0 unspecified atom stereocenters. The van der Waals surface area contributed by atoms with Crippen molar-refractivity contribution < 1.29 is 21.6 Å². The zero-order chi connectivity index (χ0) is 17.3. The van der Waals surface area contributed by atoms with Gasteiger partial charge in [0.1, 0.15) is 0 Å². The molecule has 0 heterocycles. The number of benzene rings is 2. The summed E-state index contributed by atoms with van der Waals surface area (Å²) in [6.45, 7) is 0. The molecule has 9 heteroatoms. The van der Waals surface area contributed by atoms with Gasteiger partial charge in [0, 0.05) is 10.7 Å². The van der Waals surface area contributed by atoms with Crippen LogP contribution < -0.4 is 4.72 Å². The van der Waals surface area contributed by atoms with E-state index in [1.54, 1.807) is 0 Å². The summed E-state index contributed by atoms with van der Waals surface area (Å²) in [4.78, 5) is 0. The second kappa shape index (κ2) is 6.59. The highest BCUT2D eigenvalue weighted by Crippen LogP contribution is 2.36. The topological polar surface area (TPSA) is 46.2 Å². The Labute approximate surface area is 141 Å². The first-order valence-electron chi connectivity index (χ1n) is 6.18. The molecule has 2 rings (SSSR count). The number of hydrogen-bond donors (Lipinski definition) is 1. The van der Waals surface area contributed by atoms with E-state index in [1.165, 1.54) is 24.3 Å². The fourth-order valence-corrected chi connectivity index (χ4v) is 3.36. The lowest BCUT2D eigenvalue weighted by Gasteiger charge is -2.13. The van der Waals surface area contributed by atoms with Crippen LogP contribution in [-0.4, -0.2) is 8.42 Å². The first kappa shape index (κ1) is 17.9. The number of anilines is 1. The van der Waals surface area contributed by atoms with E-state index in [2.05, 4.69) is 4.72 Å². The van der Waals surface area contributed by atoms with E-state index in [4.69, 9.17) is 23.2 Å². The summed E-state index contributed by atoms with van der Waals surface area (Å²) in [5.74, 6) is -0.395. The molecule has 0 aliphatic carbocycles. The maximum atomic E-state index is 12.8. The molecule has 0 spiro atoms. The Morgan fingerprint density at radius 1 is 1.00 bits per heavy atom. The van der Waals surface area contributed by atoms with Gasteiger partial charge in [-0.3, -0.25) is 4.72 Å². The van der Waals surface area contributed by atoms with Gasteiger partial charge < -0.3 is 0 Å². The van der Waals surface area contributed by atoms with Crippen LogP contribution in [-0.2, 0) is 22.0 Å². The molecular formula is C14H10Cl2F3NO2S. The van der Waals surface area contributed by atoms with Crippen LogP contribution in [0.2, 0.25) is 10.0 Å². The number of alkyl halides is 3. The average Bonchev–Trinajstić information content (AvgIpc) is 2.42. The van der Waals surface area contributed by atoms with Gasteiger partial charge in [-0.2, -0.15) is 13.2 Å². The van der Waals surface area contributed by atoms with Crippen molar-refractivity contribution in [2.24, 2.45) is 0 Å². The standard InChI is InChI=1S/C14H10Cl2F3NO2S/c15-10-3-1-9(2-4-10)8-23(21,22)20-11-5-6-13(16)12(7-11)14(17,18)19/h1-7,20H,8H2. The molecule has 0 radical (unpaired) electrons. The molecule has 0 saturated heterocycles. The lowest BCUT2D eigenvalue weighted by molar-refractivity contribution is -0.137. The molecule has 0 aromatic heterocycles. The van der Waals surface area contributed by atoms with Gasteiger partial charge in [-0.05, 0) is 35.9 Å². The van der Waals surface area contributed by atoms with Crippen molar-refractivity contribution in [3.63, 3.8) is 0 Å². The molecular weight excluding hydrogens is 374 g/mol. The molecule has 2 aromatic rings. The van der Waals surface area contributed by atoms with Crippen molar-refractivity contribution in [1.82, 2.24) is 0 Å². The third-order valence-electron chi connectivity index (χ3n) is 2.82. The number of sulfonamides is 1. The molecule has 0 amide bonds. The zero-order valence-electron chi connectivity index (χ0n) is 11.4. The molecule has 0 fully saturated rings. The van der Waals surface area contributed by atoms with Gasteiger partial charge in [0.05, 0.1) is 16.3 Å². The molecule has 3 nitrogen and oxygen atoms in total. The van der Waals surface area contributed by atoms with E-state index >= 15 is 0 Å². The van der Waals surface area contributed by atoms with E-state index in [1.807, 2.05) is 0 Å². The highest BCUT2D eigenvalue weighted by Gasteiger charge is 2.33. The molecule has 1 N–H and O–H groups in total. The molecule has 2 aromatic carbocycles. The Balaban J connectivity index is 2.22. The lowest BCUT2D eigenvalue weighted by atomic mass is 10.2. The summed E-state index contributed by atoms with van der Waals surface area (Å²) in [5.41, 5.74) is -0.867. The fourth-order valence-electron chi connectivity index (χ4n) is 1.82. The van der Waals surface area contributed by atoms with Gasteiger partial charge in [0.2, 0.25) is 10.0 Å². The van der Waals surface area contributed by atoms with Crippen LogP contribution in [0.1, 0.15) is 11.1 Å². The first-order chi connectivity index (χ1) is 10.6. The van der Waals surface area contributed by atoms with E-state index in [-0.39, 0.29) is 5.69 Å². The maximum Gasteiger partial charge on any atom is 0.417 e. The quantitative estimate of drug-likeness (QED) is 0.811. The number of rotatable bonds is 4. The van der Waals surface area contributed by atoms with Crippen molar-refractivity contribution in [2.75, 3.05) is 4.72 Å². The number of nitrogens with one attached hydrogen (secondary N) is 1. The number of halogens is 5. The SMILES string of the molecule is O=S(=O)(Cc1ccc(Cl)cc1)Nc1ccc(Cl)c(C(F)(F)F)c1. The molecule has 0 aliphatic heterocycles. The first-order valence-corrected chi connectivity index (χ1v) is 8.59. The van der Waals surface area contributed by atoms with Crippen molar-refractivity contribution in [3.05, 3.63) is 63.6 Å². The Kier molecular flexibility index (Phi) is 5.13. The van der Waals surface area contributed by atoms with E-state index < -0.39 is 32.5 Å². The molecule has 0 saturated carbocycles. The predicted octanol–water partition coefficient (Wildman–Crippen LogP) is 4.95. The Bertz CT molecular complexity index is 806. The minimum absolute atomic E-state index is 0.212. The van der Waals surface area contributed by atoms with E-state index in [0.29, 0.717) is 16.7 Å². The summed E-state index contributed by atoms with van der Waals surface area (Å²) in [6.07, 6.45) is -4.67. The maximum absolute atomic E-state index is 12.8. The fraction of sp³-hybridized carbons (Fsp3) is 0.143. The van der Waals surface area contributed by atoms with Gasteiger partial charge >= 0.3 is 6.18 Å². The van der Waals surface area contributed by atoms with Crippen LogP contribution in [0.5, 0.6) is 0 Å². The Hall–Kier alpha value is -1.44. The predicted molar refractivity (Wildman–Crippen MR) is 84.2 cm³/mol. The van der Waals surface area contributed by atoms with Crippen LogP contribution in [0.25, 0.3) is 0 Å². The highest BCUT2D eigenvalue weighted by molar-refractivity contribution is 7.91. The van der Waals surface area contributed by atoms with Crippen molar-refractivity contribution in [3.8, 4) is 0 Å². The monoisotopic (exact) mass is 383 g/mol. The van der Waals surface area contributed by atoms with Gasteiger partial charge in [-0.15, -0.1) is 0 Å². The van der Waals surface area contributed by atoms with Crippen LogP contribution in [0.3, 0.4) is 0 Å². The summed E-state index contributed by atoms with van der Waals surface area (Å²) >= 11 is 11.2. The summed E-state index contributed by atoms with van der Waals surface area (Å²) in [6, 6.07) is 8.89. The van der Waals surface area contributed by atoms with Gasteiger partial charge in [-0.25, -0.2) is 8.42 Å². The lowest BCUT2D eigenvalue weighted by Crippen LogP contribution is -2.16. The van der Waals surface area contributed by atoms with Crippen LogP contribution in [0, 0.1) is 0 Å². The molecule has 0 bridgehead atoms. The molecule has 0 atom stereocenters. The minimum Gasteiger partial charge on any atom is -0.283 e. The third kappa shape index (κ3) is 5.02. The van der Waals surface area contributed by atoms with E-state index in [0.717, 1.165) is 12.1 Å². The Morgan fingerprint density at radius 3 is 2.17 bits per heavy atom. The Morgan fingerprint density at radius 2 is 1.61 bits per heavy atom. The molecule has 124 valence electrons. The van der Waals surface area contributed by atoms with Gasteiger partial charge in [0.15, 0.2) is 0 Å². The third-order valence-corrected chi connectivity index (χ3v) is 4.66. The van der Waals surface area contributed by atoms with Crippen LogP contribution >= 0.6 is 23.2 Å². The average molecular weight is 384 g/mol. The molecule has 0 aliphatic rings. The van der Waals surface area contributed by atoms with Crippen molar-refractivity contribution in [1.29, 1.82) is 0 Å². The van der Waals surface area contributed by atoms with Crippen LogP contribution in [0.4, 0.5) is 18.9 Å². The summed E-state index contributed by atoms with van der Waals surface area (Å²) in [7, 11) is -3.88.